The molecule has 35 heavy (non-hydrogen) atoms. The summed E-state index contributed by atoms with van der Waals surface area (Å²) in [6.45, 7) is 0.162. The van der Waals surface area contributed by atoms with Crippen molar-refractivity contribution in [2.24, 2.45) is 0 Å². The van der Waals surface area contributed by atoms with E-state index in [1.807, 2.05) is 48.5 Å². The fourth-order valence-corrected chi connectivity index (χ4v) is 4.57. The van der Waals surface area contributed by atoms with Crippen molar-refractivity contribution in [2.45, 2.75) is 30.8 Å². The van der Waals surface area contributed by atoms with Crippen LogP contribution in [-0.4, -0.2) is 73.4 Å². The van der Waals surface area contributed by atoms with Gasteiger partial charge in [-0.25, -0.2) is 18.0 Å². The van der Waals surface area contributed by atoms with Crippen LogP contribution in [0.25, 0.3) is 11.1 Å². The molecule has 2 aromatic rings. The Morgan fingerprint density at radius 3 is 2.09 bits per heavy atom. The van der Waals surface area contributed by atoms with E-state index in [0.717, 1.165) is 35.4 Å². The molecule has 0 aromatic heterocycles. The molecule has 0 bridgehead atoms. The topological polar surface area (TPSA) is 159 Å². The lowest BCUT2D eigenvalue weighted by Gasteiger charge is -2.27. The van der Waals surface area contributed by atoms with Gasteiger partial charge >= 0.3 is 12.1 Å². The summed E-state index contributed by atoms with van der Waals surface area (Å²) in [5.41, 5.74) is 2.06. The minimum absolute atomic E-state index is 0.0241. The third kappa shape index (κ3) is 6.17. The molecule has 3 rings (SSSR count). The molecule has 188 valence electrons. The summed E-state index contributed by atoms with van der Waals surface area (Å²) in [5.74, 6) is -3.10. The highest BCUT2D eigenvalue weighted by Crippen LogP contribution is 2.44. The zero-order valence-electron chi connectivity index (χ0n) is 19.4. The van der Waals surface area contributed by atoms with Gasteiger partial charge in [0, 0.05) is 12.2 Å². The number of alkyl carbamates (subject to hydrolysis) is 1. The molecule has 0 fully saturated rings. The number of aliphatic hydroxyl groups is 1. The SMILES string of the molecule is CC(CO)(NC(=O)C(CCS(C)(=O)=O)NC(=O)OCC1c2ccccc2-c2ccccc21)C(=O)O. The van der Waals surface area contributed by atoms with Gasteiger partial charge in [-0.2, -0.15) is 0 Å². The number of sulfone groups is 1. The summed E-state index contributed by atoms with van der Waals surface area (Å²) >= 11 is 0. The maximum atomic E-state index is 12.7. The maximum Gasteiger partial charge on any atom is 0.407 e. The van der Waals surface area contributed by atoms with Gasteiger partial charge in [0.15, 0.2) is 5.54 Å². The van der Waals surface area contributed by atoms with Crippen molar-refractivity contribution in [1.82, 2.24) is 10.6 Å². The van der Waals surface area contributed by atoms with Gasteiger partial charge in [0.05, 0.1) is 12.4 Å². The first kappa shape index (κ1) is 26.2. The number of fused-ring (bicyclic) bond motifs is 3. The number of ether oxygens (including phenoxy) is 1. The average Bonchev–Trinajstić information content (AvgIpc) is 3.13. The highest BCUT2D eigenvalue weighted by atomic mass is 32.2. The van der Waals surface area contributed by atoms with E-state index in [9.17, 15) is 33.0 Å². The summed E-state index contributed by atoms with van der Waals surface area (Å²) < 4.78 is 28.6. The predicted octanol–water partition coefficient (Wildman–Crippen LogP) is 1.28. The van der Waals surface area contributed by atoms with Gasteiger partial charge in [-0.1, -0.05) is 48.5 Å². The molecule has 1 aliphatic rings. The predicted molar refractivity (Wildman–Crippen MR) is 128 cm³/mol. The number of hydrogen-bond donors (Lipinski definition) is 4. The first-order valence-electron chi connectivity index (χ1n) is 10.9. The third-order valence-corrected chi connectivity index (χ3v) is 6.89. The molecule has 0 spiro atoms. The van der Waals surface area contributed by atoms with Crippen molar-refractivity contribution < 1.29 is 37.8 Å². The highest BCUT2D eigenvalue weighted by Gasteiger charge is 2.37. The maximum absolute atomic E-state index is 12.7. The van der Waals surface area contributed by atoms with Gasteiger partial charge in [-0.15, -0.1) is 0 Å². The first-order valence-corrected chi connectivity index (χ1v) is 13.0. The number of nitrogens with one attached hydrogen (secondary N) is 2. The number of carboxylic acid groups (broad SMARTS) is 1. The van der Waals surface area contributed by atoms with E-state index in [0.29, 0.717) is 0 Å². The van der Waals surface area contributed by atoms with E-state index in [1.54, 1.807) is 0 Å². The van der Waals surface area contributed by atoms with Crippen LogP contribution >= 0.6 is 0 Å². The van der Waals surface area contributed by atoms with E-state index in [1.165, 1.54) is 0 Å². The number of carboxylic acids is 1. The molecule has 1 aliphatic carbocycles. The van der Waals surface area contributed by atoms with Gasteiger partial charge < -0.3 is 25.6 Å². The molecule has 2 atom stereocenters. The molecule has 0 radical (unpaired) electrons. The third-order valence-electron chi connectivity index (χ3n) is 5.92. The van der Waals surface area contributed by atoms with E-state index >= 15 is 0 Å². The second-order valence-corrected chi connectivity index (χ2v) is 11.0. The molecule has 2 amide bonds. The monoisotopic (exact) mass is 504 g/mol. The quantitative estimate of drug-likeness (QED) is 0.377. The number of amides is 2. The Labute approximate surface area is 203 Å². The molecule has 0 saturated carbocycles. The molecule has 4 N–H and O–H groups in total. The second-order valence-electron chi connectivity index (χ2n) is 8.73. The Hall–Kier alpha value is -3.44. The number of rotatable bonds is 10. The van der Waals surface area contributed by atoms with Crippen molar-refractivity contribution in [3.05, 3.63) is 59.7 Å². The largest absolute Gasteiger partial charge is 0.479 e. The summed E-state index contributed by atoms with van der Waals surface area (Å²) in [5, 5.41) is 23.2. The summed E-state index contributed by atoms with van der Waals surface area (Å²) in [7, 11) is -3.48. The number of benzene rings is 2. The molecular weight excluding hydrogens is 476 g/mol. The second kappa shape index (κ2) is 10.4. The Balaban J connectivity index is 1.72. The van der Waals surface area contributed by atoms with Crippen molar-refractivity contribution in [1.29, 1.82) is 0 Å². The molecule has 2 unspecified atom stereocenters. The van der Waals surface area contributed by atoms with Crippen LogP contribution in [0.2, 0.25) is 0 Å². The van der Waals surface area contributed by atoms with Crippen LogP contribution in [0.3, 0.4) is 0 Å². The van der Waals surface area contributed by atoms with Crippen LogP contribution in [0, 0.1) is 0 Å². The Morgan fingerprint density at radius 2 is 1.60 bits per heavy atom. The smallest absolute Gasteiger partial charge is 0.407 e. The zero-order valence-corrected chi connectivity index (χ0v) is 20.2. The summed E-state index contributed by atoms with van der Waals surface area (Å²) in [6, 6.07) is 14.1. The highest BCUT2D eigenvalue weighted by molar-refractivity contribution is 7.90. The molecule has 0 heterocycles. The molecule has 0 aliphatic heterocycles. The van der Waals surface area contributed by atoms with Crippen molar-refractivity contribution >= 4 is 27.8 Å². The molecule has 11 heteroatoms. The van der Waals surface area contributed by atoms with Gasteiger partial charge in [-0.05, 0) is 35.6 Å². The van der Waals surface area contributed by atoms with Crippen LogP contribution in [0.5, 0.6) is 0 Å². The fourth-order valence-electron chi connectivity index (χ4n) is 3.90. The molecule has 2 aromatic carbocycles. The Bertz CT molecular complexity index is 1180. The van der Waals surface area contributed by atoms with E-state index in [-0.39, 0.29) is 18.9 Å². The lowest BCUT2D eigenvalue weighted by molar-refractivity contribution is -0.149. The lowest BCUT2D eigenvalue weighted by Crippen LogP contribution is -2.60. The van der Waals surface area contributed by atoms with Crippen molar-refractivity contribution in [3.63, 3.8) is 0 Å². The van der Waals surface area contributed by atoms with E-state index in [4.69, 9.17) is 4.74 Å². The number of hydrogen-bond acceptors (Lipinski definition) is 7. The normalized spacial score (nSPS) is 15.3. The van der Waals surface area contributed by atoms with Gasteiger partial charge in [0.2, 0.25) is 5.91 Å². The van der Waals surface area contributed by atoms with Crippen molar-refractivity contribution in [2.75, 3.05) is 25.2 Å². The van der Waals surface area contributed by atoms with Crippen LogP contribution < -0.4 is 10.6 Å². The average molecular weight is 505 g/mol. The molecule has 10 nitrogen and oxygen atoms in total. The number of aliphatic hydroxyl groups excluding tert-OH is 1. The standard InChI is InChI=1S/C24H28N2O8S/c1-24(14-27,22(29)30)26-21(28)20(11-12-35(2,32)33)25-23(31)34-13-19-17-9-5-3-7-15(17)16-8-4-6-10-18(16)19/h3-10,19-20,27H,11-14H2,1-2H3,(H,25,31)(H,26,28)(H,29,30). The summed E-state index contributed by atoms with van der Waals surface area (Å²) in [6.07, 6.45) is -0.290. The Morgan fingerprint density at radius 1 is 1.06 bits per heavy atom. The number of carbonyl (C=O) groups is 3. The van der Waals surface area contributed by atoms with E-state index in [2.05, 4.69) is 10.6 Å². The van der Waals surface area contributed by atoms with Crippen LogP contribution in [0.4, 0.5) is 4.79 Å². The minimum atomic E-state index is -3.48. The molecular formula is C24H28N2O8S. The van der Waals surface area contributed by atoms with E-state index < -0.39 is 51.7 Å². The number of aliphatic carboxylic acids is 1. The Kier molecular flexibility index (Phi) is 7.81. The lowest BCUT2D eigenvalue weighted by atomic mass is 9.98. The van der Waals surface area contributed by atoms with Crippen LogP contribution in [-0.2, 0) is 24.2 Å². The van der Waals surface area contributed by atoms with Gasteiger partial charge in [-0.3, -0.25) is 4.79 Å². The van der Waals surface area contributed by atoms with Crippen molar-refractivity contribution in [3.8, 4) is 11.1 Å². The van der Waals surface area contributed by atoms with Crippen LogP contribution in [0.15, 0.2) is 48.5 Å². The molecule has 0 saturated heterocycles. The fraction of sp³-hybridized carbons (Fsp3) is 0.375. The van der Waals surface area contributed by atoms with Crippen LogP contribution in [0.1, 0.15) is 30.4 Å². The van der Waals surface area contributed by atoms with Gasteiger partial charge in [0.1, 0.15) is 22.5 Å². The summed E-state index contributed by atoms with van der Waals surface area (Å²) in [4.78, 5) is 36.7. The van der Waals surface area contributed by atoms with Gasteiger partial charge in [0.25, 0.3) is 0 Å². The minimum Gasteiger partial charge on any atom is -0.479 e. The zero-order chi connectivity index (χ0) is 25.8. The number of carbonyl (C=O) groups excluding carboxylic acids is 2. The first-order chi connectivity index (χ1) is 16.4.